The van der Waals surface area contributed by atoms with Crippen LogP contribution in [0.3, 0.4) is 0 Å². The molecule has 0 aromatic heterocycles. The van der Waals surface area contributed by atoms with Gasteiger partial charge in [-0.05, 0) is 58.5 Å². The molecule has 2 saturated heterocycles. The van der Waals surface area contributed by atoms with Crippen LogP contribution in [0.5, 0.6) is 0 Å². The molecule has 2 heterocycles. The van der Waals surface area contributed by atoms with Crippen LogP contribution in [-0.2, 0) is 4.79 Å². The smallest absolute Gasteiger partial charge is 0.222 e. The van der Waals surface area contributed by atoms with Crippen molar-refractivity contribution in [3.63, 3.8) is 0 Å². The molecule has 2 aliphatic heterocycles. The molecule has 0 aliphatic carbocycles. The fourth-order valence-electron chi connectivity index (χ4n) is 3.32. The molecule has 2 fully saturated rings. The van der Waals surface area contributed by atoms with Crippen molar-refractivity contribution >= 4 is 5.91 Å². The van der Waals surface area contributed by atoms with Crippen LogP contribution in [0.15, 0.2) is 0 Å². The first-order chi connectivity index (χ1) is 9.16. The SMILES string of the molecule is CC(N)CCCC(=O)N1CCC(N2CCCC2)CC1. The average molecular weight is 267 g/mol. The molecule has 2 N–H and O–H groups in total. The maximum atomic E-state index is 12.1. The van der Waals surface area contributed by atoms with Crippen molar-refractivity contribution in [2.45, 2.75) is 64.0 Å². The summed E-state index contributed by atoms with van der Waals surface area (Å²) in [4.78, 5) is 16.8. The lowest BCUT2D eigenvalue weighted by Gasteiger charge is -2.36. The molecule has 0 bridgehead atoms. The van der Waals surface area contributed by atoms with Crippen LogP contribution < -0.4 is 5.73 Å². The number of hydrogen-bond donors (Lipinski definition) is 1. The predicted molar refractivity (Wildman–Crippen MR) is 77.9 cm³/mol. The third-order valence-electron chi connectivity index (χ3n) is 4.52. The molecule has 4 nitrogen and oxygen atoms in total. The van der Waals surface area contributed by atoms with Gasteiger partial charge in [0.15, 0.2) is 0 Å². The number of amides is 1. The van der Waals surface area contributed by atoms with Crippen molar-refractivity contribution < 1.29 is 4.79 Å². The second-order valence-corrected chi connectivity index (χ2v) is 6.22. The fourth-order valence-corrected chi connectivity index (χ4v) is 3.32. The van der Waals surface area contributed by atoms with Crippen LogP contribution in [0.4, 0.5) is 0 Å². The summed E-state index contributed by atoms with van der Waals surface area (Å²) in [7, 11) is 0. The Morgan fingerprint density at radius 1 is 1.21 bits per heavy atom. The molecule has 19 heavy (non-hydrogen) atoms. The van der Waals surface area contributed by atoms with Crippen LogP contribution in [0.2, 0.25) is 0 Å². The number of hydrogen-bond acceptors (Lipinski definition) is 3. The van der Waals surface area contributed by atoms with Crippen LogP contribution in [0.1, 0.15) is 51.9 Å². The summed E-state index contributed by atoms with van der Waals surface area (Å²) >= 11 is 0. The minimum Gasteiger partial charge on any atom is -0.343 e. The number of nitrogens with two attached hydrogens (primary N) is 1. The van der Waals surface area contributed by atoms with Gasteiger partial charge in [0.25, 0.3) is 0 Å². The summed E-state index contributed by atoms with van der Waals surface area (Å²) in [5, 5.41) is 0. The number of piperidine rings is 1. The van der Waals surface area contributed by atoms with Crippen molar-refractivity contribution in [2.75, 3.05) is 26.2 Å². The third kappa shape index (κ3) is 4.46. The highest BCUT2D eigenvalue weighted by atomic mass is 16.2. The number of rotatable bonds is 5. The van der Waals surface area contributed by atoms with E-state index >= 15 is 0 Å². The predicted octanol–water partition coefficient (Wildman–Crippen LogP) is 1.59. The molecule has 0 saturated carbocycles. The molecule has 1 amide bonds. The zero-order chi connectivity index (χ0) is 13.7. The Bertz CT molecular complexity index is 279. The first kappa shape index (κ1) is 14.8. The monoisotopic (exact) mass is 267 g/mol. The van der Waals surface area contributed by atoms with Gasteiger partial charge in [0.05, 0.1) is 0 Å². The lowest BCUT2D eigenvalue weighted by atomic mass is 10.0. The largest absolute Gasteiger partial charge is 0.343 e. The highest BCUT2D eigenvalue weighted by Gasteiger charge is 2.27. The molecule has 0 spiro atoms. The zero-order valence-corrected chi connectivity index (χ0v) is 12.3. The van der Waals surface area contributed by atoms with E-state index in [-0.39, 0.29) is 6.04 Å². The van der Waals surface area contributed by atoms with Crippen LogP contribution in [0, 0.1) is 0 Å². The maximum absolute atomic E-state index is 12.1. The van der Waals surface area contributed by atoms with E-state index in [9.17, 15) is 4.79 Å². The summed E-state index contributed by atoms with van der Waals surface area (Å²) in [6.07, 6.45) is 7.61. The Kier molecular flexibility index (Phi) is 5.64. The standard InChI is InChI=1S/C15H29N3O/c1-13(16)5-4-6-15(19)18-11-7-14(8-12-18)17-9-2-3-10-17/h13-14H,2-12,16H2,1H3. The molecule has 0 aromatic carbocycles. The van der Waals surface area contributed by atoms with E-state index in [1.807, 2.05) is 6.92 Å². The van der Waals surface area contributed by atoms with Crippen LogP contribution >= 0.6 is 0 Å². The molecule has 1 unspecified atom stereocenters. The van der Waals surface area contributed by atoms with Crippen molar-refractivity contribution in [2.24, 2.45) is 5.73 Å². The van der Waals surface area contributed by atoms with Crippen molar-refractivity contribution in [1.29, 1.82) is 0 Å². The van der Waals surface area contributed by atoms with Gasteiger partial charge in [-0.2, -0.15) is 0 Å². The molecular formula is C15H29N3O. The first-order valence-corrected chi connectivity index (χ1v) is 7.94. The molecule has 0 aromatic rings. The summed E-state index contributed by atoms with van der Waals surface area (Å²) < 4.78 is 0. The lowest BCUT2D eigenvalue weighted by Crippen LogP contribution is -2.45. The number of likely N-dealkylation sites (tertiary alicyclic amines) is 2. The molecule has 1 atom stereocenters. The summed E-state index contributed by atoms with van der Waals surface area (Å²) in [5.74, 6) is 0.334. The fraction of sp³-hybridized carbons (Fsp3) is 0.933. The number of carbonyl (C=O) groups excluding carboxylic acids is 1. The van der Waals surface area contributed by atoms with E-state index in [1.165, 1.54) is 38.8 Å². The quantitative estimate of drug-likeness (QED) is 0.823. The molecule has 4 heteroatoms. The first-order valence-electron chi connectivity index (χ1n) is 7.94. The van der Waals surface area contributed by atoms with E-state index in [1.54, 1.807) is 0 Å². The van der Waals surface area contributed by atoms with Gasteiger partial charge in [-0.1, -0.05) is 0 Å². The highest BCUT2D eigenvalue weighted by Crippen LogP contribution is 2.21. The number of carbonyl (C=O) groups is 1. The topological polar surface area (TPSA) is 49.6 Å². The second-order valence-electron chi connectivity index (χ2n) is 6.22. The van der Waals surface area contributed by atoms with Gasteiger partial charge in [0.2, 0.25) is 5.91 Å². The number of nitrogens with zero attached hydrogens (tertiary/aromatic N) is 2. The van der Waals surface area contributed by atoms with Crippen molar-refractivity contribution in [1.82, 2.24) is 9.80 Å². The van der Waals surface area contributed by atoms with Gasteiger partial charge in [0.1, 0.15) is 0 Å². The van der Waals surface area contributed by atoms with E-state index in [0.717, 1.165) is 32.0 Å². The molecule has 110 valence electrons. The van der Waals surface area contributed by atoms with E-state index < -0.39 is 0 Å². The normalized spacial score (nSPS) is 23.8. The zero-order valence-electron chi connectivity index (χ0n) is 12.3. The maximum Gasteiger partial charge on any atom is 0.222 e. The minimum atomic E-state index is 0.216. The lowest BCUT2D eigenvalue weighted by molar-refractivity contribution is -0.132. The molecule has 0 radical (unpaired) electrons. The van der Waals surface area contributed by atoms with Crippen molar-refractivity contribution in [3.05, 3.63) is 0 Å². The Morgan fingerprint density at radius 3 is 2.42 bits per heavy atom. The van der Waals surface area contributed by atoms with Gasteiger partial charge in [-0.3, -0.25) is 4.79 Å². The Hall–Kier alpha value is -0.610. The van der Waals surface area contributed by atoms with E-state index in [2.05, 4.69) is 9.80 Å². The molecule has 2 rings (SSSR count). The summed E-state index contributed by atoms with van der Waals surface area (Å²) in [6.45, 7) is 6.46. The van der Waals surface area contributed by atoms with E-state index in [0.29, 0.717) is 12.3 Å². The van der Waals surface area contributed by atoms with Crippen LogP contribution in [-0.4, -0.2) is 54.0 Å². The van der Waals surface area contributed by atoms with Gasteiger partial charge in [-0.25, -0.2) is 0 Å². The van der Waals surface area contributed by atoms with Gasteiger partial charge >= 0.3 is 0 Å². The van der Waals surface area contributed by atoms with E-state index in [4.69, 9.17) is 5.73 Å². The van der Waals surface area contributed by atoms with Gasteiger partial charge in [0, 0.05) is 31.6 Å². The van der Waals surface area contributed by atoms with Gasteiger partial charge < -0.3 is 15.5 Å². The highest BCUT2D eigenvalue weighted by molar-refractivity contribution is 5.76. The Balaban J connectivity index is 1.66. The summed E-state index contributed by atoms with van der Waals surface area (Å²) in [6, 6.07) is 0.948. The second kappa shape index (κ2) is 7.25. The van der Waals surface area contributed by atoms with Gasteiger partial charge in [-0.15, -0.1) is 0 Å². The minimum absolute atomic E-state index is 0.216. The summed E-state index contributed by atoms with van der Waals surface area (Å²) in [5.41, 5.74) is 5.71. The Morgan fingerprint density at radius 2 is 1.84 bits per heavy atom. The third-order valence-corrected chi connectivity index (χ3v) is 4.52. The Labute approximate surface area is 117 Å². The average Bonchev–Trinajstić information content (AvgIpc) is 2.92. The van der Waals surface area contributed by atoms with Crippen LogP contribution in [0.25, 0.3) is 0 Å². The van der Waals surface area contributed by atoms with Crippen molar-refractivity contribution in [3.8, 4) is 0 Å². The molecule has 2 aliphatic rings. The molecular weight excluding hydrogens is 238 g/mol.